The molecule has 0 spiro atoms. The number of hydrogen-bond donors (Lipinski definition) is 2. The molecule has 1 atom stereocenters. The number of aromatic nitrogens is 2. The molecule has 1 aliphatic heterocycles. The summed E-state index contributed by atoms with van der Waals surface area (Å²) in [5, 5.41) is 6.34. The van der Waals surface area contributed by atoms with Gasteiger partial charge in [-0.3, -0.25) is 9.89 Å². The minimum atomic E-state index is -4.14. The lowest BCUT2D eigenvalue weighted by molar-refractivity contribution is -0.143. The zero-order chi connectivity index (χ0) is 16.7. The molecule has 10 heteroatoms. The predicted molar refractivity (Wildman–Crippen MR) is 97.7 cm³/mol. The number of halogens is 4. The van der Waals surface area contributed by atoms with E-state index in [1.807, 2.05) is 17.7 Å². The van der Waals surface area contributed by atoms with E-state index in [1.54, 1.807) is 12.5 Å². The van der Waals surface area contributed by atoms with Crippen LogP contribution in [0, 0.1) is 0 Å². The van der Waals surface area contributed by atoms with E-state index in [1.165, 1.54) is 4.90 Å². The second-order valence-electron chi connectivity index (χ2n) is 5.54. The van der Waals surface area contributed by atoms with Gasteiger partial charge in [-0.2, -0.15) is 13.2 Å². The Morgan fingerprint density at radius 3 is 2.83 bits per heavy atom. The summed E-state index contributed by atoms with van der Waals surface area (Å²) >= 11 is 0. The van der Waals surface area contributed by atoms with Crippen LogP contribution in [0.15, 0.2) is 23.7 Å². The lowest BCUT2D eigenvalue weighted by atomic mass is 10.3. The molecule has 1 aliphatic rings. The Morgan fingerprint density at radius 2 is 2.21 bits per heavy atom. The van der Waals surface area contributed by atoms with Crippen molar-refractivity contribution in [2.75, 3.05) is 32.7 Å². The van der Waals surface area contributed by atoms with Gasteiger partial charge < -0.3 is 15.2 Å². The smallest absolute Gasteiger partial charge is 0.357 e. The molecular weight excluding hydrogens is 436 g/mol. The third-order valence-corrected chi connectivity index (χ3v) is 3.55. The van der Waals surface area contributed by atoms with Crippen molar-refractivity contribution in [1.82, 2.24) is 25.1 Å². The van der Waals surface area contributed by atoms with Crippen molar-refractivity contribution >= 4 is 29.9 Å². The monoisotopic (exact) mass is 460 g/mol. The summed E-state index contributed by atoms with van der Waals surface area (Å²) in [4.78, 5) is 9.84. The Labute approximate surface area is 156 Å². The van der Waals surface area contributed by atoms with Crippen LogP contribution >= 0.6 is 24.0 Å². The highest BCUT2D eigenvalue weighted by Gasteiger charge is 2.34. The normalized spacial score (nSPS) is 19.2. The molecule has 24 heavy (non-hydrogen) atoms. The summed E-state index contributed by atoms with van der Waals surface area (Å²) in [6.45, 7) is 3.93. The Kier molecular flexibility index (Phi) is 8.81. The van der Waals surface area contributed by atoms with Crippen LogP contribution in [-0.2, 0) is 6.54 Å². The molecule has 2 N–H and O–H groups in total. The first-order valence-corrected chi connectivity index (χ1v) is 7.76. The number of nitrogens with zero attached hydrogens (tertiary/aromatic N) is 4. The van der Waals surface area contributed by atoms with E-state index in [4.69, 9.17) is 0 Å². The molecule has 1 unspecified atom stereocenters. The fourth-order valence-corrected chi connectivity index (χ4v) is 2.56. The van der Waals surface area contributed by atoms with Crippen molar-refractivity contribution in [3.8, 4) is 0 Å². The Morgan fingerprint density at radius 1 is 1.42 bits per heavy atom. The standard InChI is InChI=1S/C14H23F3N6.HI/c1-2-19-13(20-5-8-22-7-4-18-11-22)21-12-3-6-23(9-12)10-14(15,16)17;/h4,7,11-12H,2-3,5-6,8-10H2,1H3,(H2,19,20,21);1H. The van der Waals surface area contributed by atoms with Crippen LogP contribution in [0.3, 0.4) is 0 Å². The molecule has 1 saturated heterocycles. The van der Waals surface area contributed by atoms with Crippen molar-refractivity contribution in [2.45, 2.75) is 32.1 Å². The summed E-state index contributed by atoms with van der Waals surface area (Å²) < 4.78 is 39.2. The quantitative estimate of drug-likeness (QED) is 0.386. The van der Waals surface area contributed by atoms with Gasteiger partial charge in [0.25, 0.3) is 0 Å². The Bertz CT molecular complexity index is 491. The average Bonchev–Trinajstić information content (AvgIpc) is 3.09. The highest BCUT2D eigenvalue weighted by molar-refractivity contribution is 14.0. The van der Waals surface area contributed by atoms with Gasteiger partial charge in [-0.25, -0.2) is 4.98 Å². The third-order valence-electron chi connectivity index (χ3n) is 3.55. The van der Waals surface area contributed by atoms with Gasteiger partial charge in [0.1, 0.15) is 0 Å². The average molecular weight is 460 g/mol. The van der Waals surface area contributed by atoms with Crippen molar-refractivity contribution < 1.29 is 13.2 Å². The first kappa shape index (κ1) is 21.0. The van der Waals surface area contributed by atoms with Crippen molar-refractivity contribution in [1.29, 1.82) is 0 Å². The highest BCUT2D eigenvalue weighted by Crippen LogP contribution is 2.19. The number of likely N-dealkylation sites (tertiary alicyclic amines) is 1. The molecule has 2 heterocycles. The van der Waals surface area contributed by atoms with Crippen LogP contribution in [0.25, 0.3) is 0 Å². The van der Waals surface area contributed by atoms with E-state index >= 15 is 0 Å². The number of aliphatic imine (C=N–C) groups is 1. The number of rotatable bonds is 6. The Balaban J connectivity index is 0.00000288. The van der Waals surface area contributed by atoms with Crippen molar-refractivity contribution in [3.63, 3.8) is 0 Å². The second kappa shape index (κ2) is 10.1. The first-order valence-electron chi connectivity index (χ1n) is 7.76. The number of imidazole rings is 1. The van der Waals surface area contributed by atoms with Crippen LogP contribution in [0.5, 0.6) is 0 Å². The molecule has 0 bridgehead atoms. The van der Waals surface area contributed by atoms with Crippen LogP contribution in [0.2, 0.25) is 0 Å². The topological polar surface area (TPSA) is 57.5 Å². The number of nitrogens with one attached hydrogen (secondary N) is 2. The van der Waals surface area contributed by atoms with E-state index in [0.29, 0.717) is 45.1 Å². The molecule has 0 saturated carbocycles. The summed E-state index contributed by atoms with van der Waals surface area (Å²) in [5.41, 5.74) is 0. The molecule has 1 aromatic heterocycles. The maximum absolute atomic E-state index is 12.4. The van der Waals surface area contributed by atoms with Gasteiger partial charge in [0, 0.05) is 44.6 Å². The molecule has 0 amide bonds. The van der Waals surface area contributed by atoms with Gasteiger partial charge in [0.05, 0.1) is 19.4 Å². The van der Waals surface area contributed by atoms with Gasteiger partial charge in [0.15, 0.2) is 5.96 Å². The summed E-state index contributed by atoms with van der Waals surface area (Å²) in [7, 11) is 0. The van der Waals surface area contributed by atoms with E-state index < -0.39 is 12.7 Å². The van der Waals surface area contributed by atoms with Gasteiger partial charge in [0.2, 0.25) is 0 Å². The van der Waals surface area contributed by atoms with Gasteiger partial charge >= 0.3 is 6.18 Å². The van der Waals surface area contributed by atoms with Gasteiger partial charge in [-0.15, -0.1) is 24.0 Å². The molecule has 2 rings (SSSR count). The largest absolute Gasteiger partial charge is 0.401 e. The SMILES string of the molecule is CCNC(=NCCn1ccnc1)NC1CCN(CC(F)(F)F)C1.I. The van der Waals surface area contributed by atoms with E-state index in [0.717, 1.165) is 0 Å². The zero-order valence-electron chi connectivity index (χ0n) is 13.6. The van der Waals surface area contributed by atoms with Gasteiger partial charge in [-0.1, -0.05) is 0 Å². The third kappa shape index (κ3) is 7.69. The number of alkyl halides is 3. The summed E-state index contributed by atoms with van der Waals surface area (Å²) in [6, 6.07) is -0.0107. The Hall–Kier alpha value is -1.04. The van der Waals surface area contributed by atoms with E-state index in [2.05, 4.69) is 20.6 Å². The summed E-state index contributed by atoms with van der Waals surface area (Å²) in [6.07, 6.45) is 1.84. The first-order chi connectivity index (χ1) is 11.0. The minimum Gasteiger partial charge on any atom is -0.357 e. The van der Waals surface area contributed by atoms with E-state index in [-0.39, 0.29) is 30.0 Å². The lowest BCUT2D eigenvalue weighted by Gasteiger charge is -2.19. The minimum absolute atomic E-state index is 0. The lowest BCUT2D eigenvalue weighted by Crippen LogP contribution is -2.45. The van der Waals surface area contributed by atoms with Crippen LogP contribution in [-0.4, -0.2) is 65.4 Å². The van der Waals surface area contributed by atoms with Crippen molar-refractivity contribution in [3.05, 3.63) is 18.7 Å². The molecule has 138 valence electrons. The summed E-state index contributed by atoms with van der Waals surface area (Å²) in [5.74, 6) is 0.645. The fourth-order valence-electron chi connectivity index (χ4n) is 2.56. The molecule has 1 fully saturated rings. The molecule has 0 aromatic carbocycles. The van der Waals surface area contributed by atoms with Gasteiger partial charge in [-0.05, 0) is 13.3 Å². The number of guanidine groups is 1. The maximum Gasteiger partial charge on any atom is 0.401 e. The van der Waals surface area contributed by atoms with Crippen LogP contribution in [0.1, 0.15) is 13.3 Å². The fraction of sp³-hybridized carbons (Fsp3) is 0.714. The predicted octanol–water partition coefficient (Wildman–Crippen LogP) is 1.69. The highest BCUT2D eigenvalue weighted by atomic mass is 127. The van der Waals surface area contributed by atoms with Crippen LogP contribution < -0.4 is 10.6 Å². The molecule has 6 nitrogen and oxygen atoms in total. The molecule has 1 aromatic rings. The maximum atomic E-state index is 12.4. The second-order valence-corrected chi connectivity index (χ2v) is 5.54. The van der Waals surface area contributed by atoms with Crippen LogP contribution in [0.4, 0.5) is 13.2 Å². The zero-order valence-corrected chi connectivity index (χ0v) is 15.9. The molecule has 0 radical (unpaired) electrons. The van der Waals surface area contributed by atoms with E-state index in [9.17, 15) is 13.2 Å². The molecule has 0 aliphatic carbocycles. The van der Waals surface area contributed by atoms with Crippen molar-refractivity contribution in [2.24, 2.45) is 4.99 Å². The molecular formula is C14H24F3IN6. The number of hydrogen-bond acceptors (Lipinski definition) is 3.